The number of carbonyl (C=O) groups is 1. The Hall–Kier alpha value is -1.86. The zero-order chi connectivity index (χ0) is 14.9. The predicted octanol–water partition coefficient (Wildman–Crippen LogP) is 0.589. The van der Waals surface area contributed by atoms with Gasteiger partial charge in [0.15, 0.2) is 12.0 Å². The van der Waals surface area contributed by atoms with Gasteiger partial charge in [-0.3, -0.25) is 14.9 Å². The number of aliphatic hydroxyl groups excluding tert-OH is 1. The van der Waals surface area contributed by atoms with Crippen LogP contribution in [0.25, 0.3) is 0 Å². The van der Waals surface area contributed by atoms with Gasteiger partial charge in [-0.25, -0.2) is 4.57 Å². The Labute approximate surface area is 115 Å². The quantitative estimate of drug-likeness (QED) is 0.497. The Morgan fingerprint density at radius 2 is 2.30 bits per heavy atom. The summed E-state index contributed by atoms with van der Waals surface area (Å²) in [7, 11) is 1.68. The lowest BCUT2D eigenvalue weighted by atomic mass is 9.94. The van der Waals surface area contributed by atoms with Crippen molar-refractivity contribution < 1.29 is 24.1 Å². The highest BCUT2D eigenvalue weighted by Crippen LogP contribution is 2.34. The van der Waals surface area contributed by atoms with Crippen molar-refractivity contribution in [1.82, 2.24) is 0 Å². The zero-order valence-electron chi connectivity index (χ0n) is 11.4. The number of nitrogens with zero attached hydrogens (tertiary/aromatic N) is 2. The van der Waals surface area contributed by atoms with Gasteiger partial charge in [0, 0.05) is 12.5 Å². The van der Waals surface area contributed by atoms with E-state index in [-0.39, 0.29) is 17.9 Å². The van der Waals surface area contributed by atoms with Crippen LogP contribution in [-0.4, -0.2) is 28.0 Å². The summed E-state index contributed by atoms with van der Waals surface area (Å²) in [6.07, 6.45) is 1.03. The Morgan fingerprint density at radius 3 is 2.90 bits per heavy atom. The summed E-state index contributed by atoms with van der Waals surface area (Å²) in [6, 6.07) is 1.58. The van der Waals surface area contributed by atoms with Crippen molar-refractivity contribution >= 4 is 11.5 Å². The van der Waals surface area contributed by atoms with Crippen molar-refractivity contribution in [3.8, 4) is 0 Å². The van der Waals surface area contributed by atoms with Gasteiger partial charge in [0.25, 0.3) is 0 Å². The van der Waals surface area contributed by atoms with Gasteiger partial charge in [0.1, 0.15) is 13.2 Å². The van der Waals surface area contributed by atoms with Crippen LogP contribution in [-0.2, 0) is 16.6 Å². The molecule has 1 aromatic heterocycles. The summed E-state index contributed by atoms with van der Waals surface area (Å²) in [5.41, 5.74) is 0.283. The van der Waals surface area contributed by atoms with Crippen LogP contribution in [0, 0.1) is 10.1 Å². The summed E-state index contributed by atoms with van der Waals surface area (Å²) in [5, 5.41) is 20.8. The topological polar surface area (TPSA) is 93.5 Å². The minimum Gasteiger partial charge on any atom is -0.383 e. The maximum atomic E-state index is 11.8. The van der Waals surface area contributed by atoms with E-state index in [1.54, 1.807) is 30.8 Å². The van der Waals surface area contributed by atoms with Crippen molar-refractivity contribution in [2.45, 2.75) is 38.1 Å². The van der Waals surface area contributed by atoms with Crippen LogP contribution in [0.4, 0.5) is 5.69 Å². The fourth-order valence-corrected chi connectivity index (χ4v) is 2.37. The minimum absolute atomic E-state index is 0.0494. The predicted molar refractivity (Wildman–Crippen MR) is 67.8 cm³/mol. The number of hydrogen-bond acceptors (Lipinski definition) is 5. The van der Waals surface area contributed by atoms with E-state index in [4.69, 9.17) is 4.74 Å². The Bertz CT molecular complexity index is 546. The molecule has 0 amide bonds. The zero-order valence-corrected chi connectivity index (χ0v) is 11.4. The molecule has 0 bridgehead atoms. The first kappa shape index (κ1) is 14.5. The number of pyridine rings is 1. The number of hydrogen-bond donors (Lipinski definition) is 1. The van der Waals surface area contributed by atoms with Crippen molar-refractivity contribution in [2.24, 2.45) is 7.05 Å². The molecule has 0 spiro atoms. The highest BCUT2D eigenvalue weighted by atomic mass is 16.6. The molecule has 1 fully saturated rings. The molecule has 7 nitrogen and oxygen atoms in total. The molecule has 7 heteroatoms. The van der Waals surface area contributed by atoms with Gasteiger partial charge in [0.2, 0.25) is 6.20 Å². The first-order chi connectivity index (χ1) is 9.43. The van der Waals surface area contributed by atoms with Crippen LogP contribution >= 0.6 is 0 Å². The number of rotatable bonds is 3. The van der Waals surface area contributed by atoms with E-state index >= 15 is 0 Å². The van der Waals surface area contributed by atoms with Gasteiger partial charge in [-0.1, -0.05) is 6.92 Å². The summed E-state index contributed by atoms with van der Waals surface area (Å²) >= 11 is 0. The number of ketones is 1. The Morgan fingerprint density at radius 1 is 1.60 bits per heavy atom. The molecule has 3 atom stereocenters. The first-order valence-electron chi connectivity index (χ1n) is 6.43. The fourth-order valence-electron chi connectivity index (χ4n) is 2.37. The second kappa shape index (κ2) is 5.64. The van der Waals surface area contributed by atoms with E-state index in [0.717, 1.165) is 0 Å². The third kappa shape index (κ3) is 2.68. The standard InChI is InChI=1S/C13H17N2O5/c1-3-11-13(17)10(16)6-12(20-11)8-4-5-14(2)7-9(8)15(18)19/h4-5,7,11-13,17H,3,6H2,1-2H3/q+1/t11-,12-,13+/m1/s1. The molecule has 20 heavy (non-hydrogen) atoms. The lowest BCUT2D eigenvalue weighted by Crippen LogP contribution is -2.42. The number of aryl methyl sites for hydroxylation is 1. The number of Topliss-reactive ketones (excluding diaryl/α,β-unsaturated/α-hetero) is 1. The monoisotopic (exact) mass is 281 g/mol. The van der Waals surface area contributed by atoms with Gasteiger partial charge >= 0.3 is 5.69 Å². The summed E-state index contributed by atoms with van der Waals surface area (Å²) in [6.45, 7) is 1.79. The molecule has 1 aromatic rings. The molecule has 108 valence electrons. The van der Waals surface area contributed by atoms with E-state index in [0.29, 0.717) is 12.0 Å². The van der Waals surface area contributed by atoms with Gasteiger partial charge in [-0.05, 0) is 6.42 Å². The van der Waals surface area contributed by atoms with E-state index in [1.165, 1.54) is 6.20 Å². The summed E-state index contributed by atoms with van der Waals surface area (Å²) in [4.78, 5) is 22.4. The summed E-state index contributed by atoms with van der Waals surface area (Å²) in [5.74, 6) is -0.337. The number of aromatic nitrogens is 1. The Balaban J connectivity index is 2.36. The largest absolute Gasteiger partial charge is 0.383 e. The van der Waals surface area contributed by atoms with Crippen molar-refractivity contribution in [3.05, 3.63) is 34.1 Å². The second-order valence-corrected chi connectivity index (χ2v) is 4.89. The molecule has 0 unspecified atom stereocenters. The third-order valence-electron chi connectivity index (χ3n) is 3.46. The fraction of sp³-hybridized carbons (Fsp3) is 0.538. The molecular formula is C13H17N2O5+. The van der Waals surface area contributed by atoms with Crippen molar-refractivity contribution in [3.63, 3.8) is 0 Å². The molecule has 0 saturated carbocycles. The highest BCUT2D eigenvalue weighted by molar-refractivity contribution is 5.84. The summed E-state index contributed by atoms with van der Waals surface area (Å²) < 4.78 is 7.22. The molecule has 0 aliphatic carbocycles. The SMILES string of the molecule is CC[C@H]1O[C@@H](c2cc[n+](C)cc2[N+](=O)[O-])CC(=O)[C@@H]1O. The molecular weight excluding hydrogens is 264 g/mol. The number of aliphatic hydroxyl groups is 1. The van der Waals surface area contributed by atoms with Gasteiger partial charge in [-0.2, -0.15) is 0 Å². The third-order valence-corrected chi connectivity index (χ3v) is 3.46. The second-order valence-electron chi connectivity index (χ2n) is 4.89. The Kier molecular flexibility index (Phi) is 4.10. The van der Waals surface area contributed by atoms with Gasteiger partial charge in [0.05, 0.1) is 22.7 Å². The van der Waals surface area contributed by atoms with Crippen molar-refractivity contribution in [2.75, 3.05) is 0 Å². The average Bonchev–Trinajstić information content (AvgIpc) is 2.41. The lowest BCUT2D eigenvalue weighted by Gasteiger charge is -2.32. The van der Waals surface area contributed by atoms with Crippen LogP contribution in [0.3, 0.4) is 0 Å². The van der Waals surface area contributed by atoms with Crippen LogP contribution < -0.4 is 4.57 Å². The normalized spacial score (nSPS) is 26.6. The molecule has 1 aliphatic rings. The van der Waals surface area contributed by atoms with E-state index in [9.17, 15) is 20.0 Å². The first-order valence-corrected chi connectivity index (χ1v) is 6.43. The lowest BCUT2D eigenvalue weighted by molar-refractivity contribution is -0.674. The smallest absolute Gasteiger partial charge is 0.338 e. The van der Waals surface area contributed by atoms with Gasteiger partial charge < -0.3 is 9.84 Å². The van der Waals surface area contributed by atoms with Crippen LogP contribution in [0.15, 0.2) is 18.5 Å². The van der Waals surface area contributed by atoms with E-state index in [1.807, 2.05) is 0 Å². The maximum absolute atomic E-state index is 11.8. The van der Waals surface area contributed by atoms with Crippen LogP contribution in [0.2, 0.25) is 0 Å². The highest BCUT2D eigenvalue weighted by Gasteiger charge is 2.39. The maximum Gasteiger partial charge on any atom is 0.338 e. The average molecular weight is 281 g/mol. The molecule has 2 rings (SSSR count). The molecule has 1 aliphatic heterocycles. The number of nitro groups is 1. The number of carbonyl (C=O) groups excluding carboxylic acids is 1. The molecule has 0 radical (unpaired) electrons. The van der Waals surface area contributed by atoms with E-state index < -0.39 is 23.2 Å². The molecule has 1 N–H and O–H groups in total. The number of ether oxygens (including phenoxy) is 1. The molecule has 0 aromatic carbocycles. The molecule has 1 saturated heterocycles. The van der Waals surface area contributed by atoms with Crippen molar-refractivity contribution in [1.29, 1.82) is 0 Å². The van der Waals surface area contributed by atoms with E-state index in [2.05, 4.69) is 0 Å². The van der Waals surface area contributed by atoms with Crippen LogP contribution in [0.1, 0.15) is 31.4 Å². The van der Waals surface area contributed by atoms with Gasteiger partial charge in [-0.15, -0.1) is 0 Å². The van der Waals surface area contributed by atoms with Crippen LogP contribution in [0.5, 0.6) is 0 Å². The molecule has 2 heterocycles. The minimum atomic E-state index is -1.14.